The van der Waals surface area contributed by atoms with Gasteiger partial charge in [-0.2, -0.15) is 0 Å². The van der Waals surface area contributed by atoms with Crippen LogP contribution in [0.1, 0.15) is 17.0 Å². The van der Waals surface area contributed by atoms with Gasteiger partial charge in [0, 0.05) is 25.6 Å². The summed E-state index contributed by atoms with van der Waals surface area (Å²) in [6.45, 7) is 1.90. The molecule has 22 heavy (non-hydrogen) atoms. The smallest absolute Gasteiger partial charge is 0.407 e. The molecule has 4 heteroatoms. The number of nitrogens with one attached hydrogen (secondary N) is 1. The van der Waals surface area contributed by atoms with Crippen LogP contribution < -0.4 is 5.32 Å². The minimum absolute atomic E-state index is 0.0336. The van der Waals surface area contributed by atoms with E-state index in [9.17, 15) is 9.90 Å². The zero-order valence-corrected chi connectivity index (χ0v) is 12.4. The number of piperazine rings is 1. The first-order valence-electron chi connectivity index (χ1n) is 7.57. The van der Waals surface area contributed by atoms with Crippen LogP contribution in [0.25, 0.3) is 0 Å². The lowest BCUT2D eigenvalue weighted by Crippen LogP contribution is -2.55. The van der Waals surface area contributed by atoms with Crippen LogP contribution in [-0.2, 0) is 0 Å². The number of carboxylic acid groups (broad SMARTS) is 1. The maximum atomic E-state index is 11.6. The van der Waals surface area contributed by atoms with E-state index in [0.717, 1.165) is 11.1 Å². The molecule has 2 N–H and O–H groups in total. The van der Waals surface area contributed by atoms with E-state index in [-0.39, 0.29) is 12.0 Å². The Morgan fingerprint density at radius 1 is 1.05 bits per heavy atom. The van der Waals surface area contributed by atoms with E-state index < -0.39 is 6.09 Å². The molecule has 0 unspecified atom stereocenters. The summed E-state index contributed by atoms with van der Waals surface area (Å²) in [5, 5.41) is 12.9. The number of nitrogens with zero attached hydrogens (tertiary/aromatic N) is 1. The predicted molar refractivity (Wildman–Crippen MR) is 86.1 cm³/mol. The topological polar surface area (TPSA) is 52.6 Å². The molecule has 0 radical (unpaired) electrons. The number of hydrogen-bond donors (Lipinski definition) is 2. The van der Waals surface area contributed by atoms with Crippen LogP contribution in [0.2, 0.25) is 0 Å². The third-order valence-corrected chi connectivity index (χ3v) is 4.23. The Hall–Kier alpha value is -2.33. The molecular weight excluding hydrogens is 276 g/mol. The normalized spacial score (nSPS) is 18.4. The molecule has 114 valence electrons. The number of carbonyl (C=O) groups is 1. The van der Waals surface area contributed by atoms with Crippen molar-refractivity contribution in [2.75, 3.05) is 19.6 Å². The standard InChI is InChI=1S/C18H20N2O2/c21-18(22)20-12-11-19-13-16(20)17(14-7-3-1-4-8-14)15-9-5-2-6-10-15/h1-10,16-17,19H,11-13H2,(H,21,22)/t16-/m0/s1. The summed E-state index contributed by atoms with van der Waals surface area (Å²) >= 11 is 0. The summed E-state index contributed by atoms with van der Waals surface area (Å²) in [6.07, 6.45) is -0.844. The first kappa shape index (κ1) is 14.6. The lowest BCUT2D eigenvalue weighted by atomic mass is 9.83. The van der Waals surface area contributed by atoms with E-state index in [1.807, 2.05) is 36.4 Å². The molecule has 1 aliphatic heterocycles. The van der Waals surface area contributed by atoms with Crippen LogP contribution in [0.3, 0.4) is 0 Å². The molecule has 1 aliphatic rings. The van der Waals surface area contributed by atoms with Crippen molar-refractivity contribution in [3.8, 4) is 0 Å². The van der Waals surface area contributed by atoms with Crippen LogP contribution in [-0.4, -0.2) is 41.8 Å². The van der Waals surface area contributed by atoms with Crippen LogP contribution in [0, 0.1) is 0 Å². The van der Waals surface area contributed by atoms with Gasteiger partial charge in [0.2, 0.25) is 0 Å². The molecule has 2 aromatic carbocycles. The highest BCUT2D eigenvalue weighted by Crippen LogP contribution is 2.31. The van der Waals surface area contributed by atoms with E-state index >= 15 is 0 Å². The molecule has 1 saturated heterocycles. The molecular formula is C18H20N2O2. The minimum atomic E-state index is -0.844. The van der Waals surface area contributed by atoms with E-state index in [1.165, 1.54) is 0 Å². The number of hydrogen-bond acceptors (Lipinski definition) is 2. The van der Waals surface area contributed by atoms with Gasteiger partial charge >= 0.3 is 6.09 Å². The van der Waals surface area contributed by atoms with Gasteiger partial charge in [-0.1, -0.05) is 60.7 Å². The van der Waals surface area contributed by atoms with Crippen molar-refractivity contribution in [2.24, 2.45) is 0 Å². The van der Waals surface area contributed by atoms with Crippen molar-refractivity contribution in [1.82, 2.24) is 10.2 Å². The molecule has 2 aromatic rings. The van der Waals surface area contributed by atoms with Gasteiger partial charge in [-0.15, -0.1) is 0 Å². The summed E-state index contributed by atoms with van der Waals surface area (Å²) in [5.41, 5.74) is 2.29. The first-order valence-corrected chi connectivity index (χ1v) is 7.57. The molecule has 1 heterocycles. The fourth-order valence-corrected chi connectivity index (χ4v) is 3.22. The fraction of sp³-hybridized carbons (Fsp3) is 0.278. The SMILES string of the molecule is O=C(O)N1CCNC[C@H]1C(c1ccccc1)c1ccccc1. The first-order chi connectivity index (χ1) is 10.8. The van der Waals surface area contributed by atoms with Gasteiger partial charge in [-0.05, 0) is 11.1 Å². The Kier molecular flexibility index (Phi) is 4.39. The summed E-state index contributed by atoms with van der Waals surface area (Å²) in [7, 11) is 0. The molecule has 0 aromatic heterocycles. The van der Waals surface area contributed by atoms with E-state index in [0.29, 0.717) is 19.6 Å². The van der Waals surface area contributed by atoms with Crippen molar-refractivity contribution in [3.63, 3.8) is 0 Å². The lowest BCUT2D eigenvalue weighted by Gasteiger charge is -2.39. The van der Waals surface area contributed by atoms with Gasteiger partial charge in [-0.3, -0.25) is 0 Å². The Balaban J connectivity index is 2.03. The van der Waals surface area contributed by atoms with E-state index in [2.05, 4.69) is 29.6 Å². The van der Waals surface area contributed by atoms with Crippen molar-refractivity contribution in [1.29, 1.82) is 0 Å². The quantitative estimate of drug-likeness (QED) is 0.915. The number of benzene rings is 2. The highest BCUT2D eigenvalue weighted by atomic mass is 16.4. The van der Waals surface area contributed by atoms with Gasteiger partial charge < -0.3 is 15.3 Å². The number of amides is 1. The van der Waals surface area contributed by atoms with E-state index in [1.54, 1.807) is 4.90 Å². The Labute approximate surface area is 130 Å². The fourth-order valence-electron chi connectivity index (χ4n) is 3.22. The second-order valence-electron chi connectivity index (χ2n) is 5.55. The highest BCUT2D eigenvalue weighted by molar-refractivity contribution is 5.66. The lowest BCUT2D eigenvalue weighted by molar-refractivity contribution is 0.107. The van der Waals surface area contributed by atoms with Gasteiger partial charge in [0.25, 0.3) is 0 Å². The maximum absolute atomic E-state index is 11.6. The molecule has 3 rings (SSSR count). The summed E-state index contributed by atoms with van der Waals surface area (Å²) in [4.78, 5) is 13.2. The Morgan fingerprint density at radius 2 is 1.59 bits per heavy atom. The molecule has 0 bridgehead atoms. The van der Waals surface area contributed by atoms with Crippen molar-refractivity contribution in [2.45, 2.75) is 12.0 Å². The maximum Gasteiger partial charge on any atom is 0.407 e. The largest absolute Gasteiger partial charge is 0.465 e. The molecule has 0 saturated carbocycles. The van der Waals surface area contributed by atoms with Gasteiger partial charge in [0.1, 0.15) is 0 Å². The number of rotatable bonds is 3. The summed E-state index contributed by atoms with van der Waals surface area (Å²) in [6, 6.07) is 20.2. The summed E-state index contributed by atoms with van der Waals surface area (Å²) in [5.74, 6) is 0.0336. The van der Waals surface area contributed by atoms with Crippen molar-refractivity contribution < 1.29 is 9.90 Å². The molecule has 0 spiro atoms. The molecule has 1 amide bonds. The van der Waals surface area contributed by atoms with Crippen molar-refractivity contribution >= 4 is 6.09 Å². The van der Waals surface area contributed by atoms with Gasteiger partial charge in [-0.25, -0.2) is 4.79 Å². The average Bonchev–Trinajstić information content (AvgIpc) is 2.57. The van der Waals surface area contributed by atoms with Crippen molar-refractivity contribution in [3.05, 3.63) is 71.8 Å². The Morgan fingerprint density at radius 3 is 2.09 bits per heavy atom. The zero-order chi connectivity index (χ0) is 15.4. The Bertz CT molecular complexity index is 576. The van der Waals surface area contributed by atoms with E-state index in [4.69, 9.17) is 0 Å². The molecule has 1 atom stereocenters. The third kappa shape index (κ3) is 2.97. The van der Waals surface area contributed by atoms with Crippen LogP contribution >= 0.6 is 0 Å². The second kappa shape index (κ2) is 6.62. The van der Waals surface area contributed by atoms with Gasteiger partial charge in [0.15, 0.2) is 0 Å². The monoisotopic (exact) mass is 296 g/mol. The summed E-state index contributed by atoms with van der Waals surface area (Å²) < 4.78 is 0. The second-order valence-corrected chi connectivity index (χ2v) is 5.55. The molecule has 0 aliphatic carbocycles. The molecule has 1 fully saturated rings. The zero-order valence-electron chi connectivity index (χ0n) is 12.4. The van der Waals surface area contributed by atoms with Crippen LogP contribution in [0.15, 0.2) is 60.7 Å². The van der Waals surface area contributed by atoms with Crippen LogP contribution in [0.5, 0.6) is 0 Å². The van der Waals surface area contributed by atoms with Crippen LogP contribution in [0.4, 0.5) is 4.79 Å². The minimum Gasteiger partial charge on any atom is -0.465 e. The highest BCUT2D eigenvalue weighted by Gasteiger charge is 2.34. The van der Waals surface area contributed by atoms with Gasteiger partial charge in [0.05, 0.1) is 6.04 Å². The third-order valence-electron chi connectivity index (χ3n) is 4.23. The molecule has 4 nitrogen and oxygen atoms in total. The predicted octanol–water partition coefficient (Wildman–Crippen LogP) is 2.77. The average molecular weight is 296 g/mol.